The van der Waals surface area contributed by atoms with Crippen molar-refractivity contribution in [2.24, 2.45) is 0 Å². The highest BCUT2D eigenvalue weighted by Crippen LogP contribution is 2.30. The van der Waals surface area contributed by atoms with E-state index in [0.717, 1.165) is 46.0 Å². The molecule has 2 atom stereocenters. The molecule has 0 spiro atoms. The lowest BCUT2D eigenvalue weighted by Gasteiger charge is -2.31. The number of nitrogens with zero attached hydrogens (tertiary/aromatic N) is 6. The van der Waals surface area contributed by atoms with Crippen LogP contribution in [0.15, 0.2) is 24.4 Å². The van der Waals surface area contributed by atoms with E-state index in [1.165, 1.54) is 0 Å². The van der Waals surface area contributed by atoms with Crippen molar-refractivity contribution in [1.29, 1.82) is 0 Å². The zero-order valence-electron chi connectivity index (χ0n) is 15.3. The largest absolute Gasteiger partial charge is 0.336 e. The average molecular weight is 380 g/mol. The second-order valence-corrected chi connectivity index (χ2v) is 8.57. The van der Waals surface area contributed by atoms with Crippen molar-refractivity contribution >= 4 is 28.1 Å². The first-order valence-corrected chi connectivity index (χ1v) is 9.94. The van der Waals surface area contributed by atoms with Gasteiger partial charge in [-0.15, -0.1) is 10.2 Å². The highest BCUT2D eigenvalue weighted by atomic mass is 32.1. The summed E-state index contributed by atoms with van der Waals surface area (Å²) in [5, 5.41) is 11.1. The number of rotatable bonds is 3. The Balaban J connectivity index is 1.38. The number of aryl methyl sites for hydroxylation is 1. The van der Waals surface area contributed by atoms with Gasteiger partial charge in [-0.3, -0.25) is 9.69 Å². The number of likely N-dealkylation sites (N-methyl/N-ethyl adjacent to an activating group) is 1. The molecule has 2 aliphatic heterocycles. The van der Waals surface area contributed by atoms with Gasteiger partial charge in [0.05, 0.1) is 11.9 Å². The Morgan fingerprint density at radius 2 is 2.15 bits per heavy atom. The van der Waals surface area contributed by atoms with E-state index in [1.54, 1.807) is 17.5 Å². The van der Waals surface area contributed by atoms with Gasteiger partial charge in [-0.25, -0.2) is 9.97 Å². The molecule has 0 aliphatic carbocycles. The van der Waals surface area contributed by atoms with Gasteiger partial charge in [0, 0.05) is 42.3 Å². The summed E-state index contributed by atoms with van der Waals surface area (Å²) in [7, 11) is 2.13. The van der Waals surface area contributed by atoms with Gasteiger partial charge in [0.15, 0.2) is 0 Å². The van der Waals surface area contributed by atoms with Crippen molar-refractivity contribution in [3.8, 4) is 10.6 Å². The molecular weight excluding hydrogens is 360 g/mol. The monoisotopic (exact) mass is 380 g/mol. The van der Waals surface area contributed by atoms with Gasteiger partial charge in [-0.2, -0.15) is 0 Å². The maximum absolute atomic E-state index is 12.7. The number of benzene rings is 1. The maximum atomic E-state index is 12.7. The van der Waals surface area contributed by atoms with Crippen LogP contribution in [0.5, 0.6) is 0 Å². The minimum atomic E-state index is 0.130. The molecule has 5 rings (SSSR count). The fourth-order valence-corrected chi connectivity index (χ4v) is 4.79. The van der Waals surface area contributed by atoms with E-state index in [-0.39, 0.29) is 12.3 Å². The molecule has 0 N–H and O–H groups in total. The van der Waals surface area contributed by atoms with E-state index in [2.05, 4.69) is 32.1 Å². The average Bonchev–Trinajstić information content (AvgIpc) is 3.36. The van der Waals surface area contributed by atoms with Crippen LogP contribution in [0.3, 0.4) is 0 Å². The Morgan fingerprint density at radius 3 is 2.85 bits per heavy atom. The summed E-state index contributed by atoms with van der Waals surface area (Å²) >= 11 is 1.56. The van der Waals surface area contributed by atoms with E-state index in [9.17, 15) is 4.79 Å². The lowest BCUT2D eigenvalue weighted by Crippen LogP contribution is -2.47. The molecule has 4 heterocycles. The minimum Gasteiger partial charge on any atom is -0.336 e. The van der Waals surface area contributed by atoms with Crippen LogP contribution in [-0.4, -0.2) is 68.1 Å². The molecule has 2 aromatic heterocycles. The Labute approximate surface area is 161 Å². The van der Waals surface area contributed by atoms with Crippen LogP contribution in [0.2, 0.25) is 0 Å². The first-order valence-electron chi connectivity index (χ1n) is 9.13. The van der Waals surface area contributed by atoms with Crippen LogP contribution in [0.4, 0.5) is 0 Å². The van der Waals surface area contributed by atoms with Gasteiger partial charge in [0.2, 0.25) is 5.91 Å². The molecule has 1 aromatic carbocycles. The van der Waals surface area contributed by atoms with Crippen molar-refractivity contribution in [2.45, 2.75) is 31.8 Å². The molecule has 138 valence electrons. The van der Waals surface area contributed by atoms with E-state index < -0.39 is 0 Å². The SMILES string of the molecule is Cc1nnc(-c2ccc3cnc(CC(=O)N4C[C@H]5C[C@@H]4CN5C)nc3c2)s1. The van der Waals surface area contributed by atoms with Crippen molar-refractivity contribution in [1.82, 2.24) is 30.0 Å². The summed E-state index contributed by atoms with van der Waals surface area (Å²) in [5.74, 6) is 0.708. The molecule has 7 nitrogen and oxygen atoms in total. The molecule has 3 aromatic rings. The zero-order valence-corrected chi connectivity index (χ0v) is 16.1. The number of likely N-dealkylation sites (tertiary alicyclic amines) is 2. The van der Waals surface area contributed by atoms with Gasteiger partial charge in [0.25, 0.3) is 0 Å². The Kier molecular flexibility index (Phi) is 3.91. The Bertz CT molecular complexity index is 1030. The van der Waals surface area contributed by atoms with Crippen molar-refractivity contribution in [3.63, 3.8) is 0 Å². The third-order valence-electron chi connectivity index (χ3n) is 5.55. The summed E-state index contributed by atoms with van der Waals surface area (Å²) in [4.78, 5) is 26.2. The number of hydrogen-bond donors (Lipinski definition) is 0. The van der Waals surface area contributed by atoms with Crippen LogP contribution in [0, 0.1) is 6.92 Å². The molecule has 2 saturated heterocycles. The third-order valence-corrected chi connectivity index (χ3v) is 6.44. The van der Waals surface area contributed by atoms with Crippen LogP contribution in [-0.2, 0) is 11.2 Å². The van der Waals surface area contributed by atoms with Gasteiger partial charge in [0.1, 0.15) is 15.8 Å². The first kappa shape index (κ1) is 16.7. The van der Waals surface area contributed by atoms with Gasteiger partial charge < -0.3 is 4.90 Å². The molecule has 27 heavy (non-hydrogen) atoms. The number of hydrogen-bond acceptors (Lipinski definition) is 7. The molecule has 2 aliphatic rings. The van der Waals surface area contributed by atoms with Gasteiger partial charge in [-0.1, -0.05) is 23.5 Å². The minimum absolute atomic E-state index is 0.130. The first-order chi connectivity index (χ1) is 13.1. The quantitative estimate of drug-likeness (QED) is 0.691. The van der Waals surface area contributed by atoms with Crippen LogP contribution in [0.25, 0.3) is 21.5 Å². The van der Waals surface area contributed by atoms with Crippen molar-refractivity contribution in [3.05, 3.63) is 35.2 Å². The molecule has 8 heteroatoms. The topological polar surface area (TPSA) is 75.1 Å². The normalized spacial score (nSPS) is 22.1. The van der Waals surface area contributed by atoms with Crippen molar-refractivity contribution in [2.75, 3.05) is 20.1 Å². The van der Waals surface area contributed by atoms with E-state index >= 15 is 0 Å². The summed E-state index contributed by atoms with van der Waals surface area (Å²) < 4.78 is 0. The van der Waals surface area contributed by atoms with Crippen molar-refractivity contribution < 1.29 is 4.79 Å². The fraction of sp³-hybridized carbons (Fsp3) is 0.421. The number of carbonyl (C=O) groups excluding carboxylic acids is 1. The number of fused-ring (bicyclic) bond motifs is 3. The standard InChI is InChI=1S/C19H20N6OS/c1-11-22-23-19(27-11)12-3-4-13-8-20-17(21-16(13)5-12)7-18(26)25-10-14-6-15(25)9-24(14)2/h3-5,8,14-15H,6-7,9-10H2,1-2H3/t14-,15-/m1/s1. The highest BCUT2D eigenvalue weighted by molar-refractivity contribution is 7.14. The number of amides is 1. The number of aromatic nitrogens is 4. The van der Waals surface area contributed by atoms with Crippen LogP contribution in [0.1, 0.15) is 17.3 Å². The maximum Gasteiger partial charge on any atom is 0.230 e. The van der Waals surface area contributed by atoms with Crippen LogP contribution >= 0.6 is 11.3 Å². The molecule has 1 amide bonds. The number of piperazine rings is 1. The lowest BCUT2D eigenvalue weighted by atomic mass is 10.1. The molecule has 0 unspecified atom stereocenters. The smallest absolute Gasteiger partial charge is 0.230 e. The third kappa shape index (κ3) is 2.98. The Hall–Kier alpha value is -2.45. The van der Waals surface area contributed by atoms with Crippen LogP contribution < -0.4 is 0 Å². The molecule has 0 saturated carbocycles. The highest BCUT2D eigenvalue weighted by Gasteiger charge is 2.43. The second kappa shape index (κ2) is 6.31. The number of carbonyl (C=O) groups is 1. The second-order valence-electron chi connectivity index (χ2n) is 7.39. The van der Waals surface area contributed by atoms with E-state index in [4.69, 9.17) is 0 Å². The molecule has 0 radical (unpaired) electrons. The van der Waals surface area contributed by atoms with E-state index in [0.29, 0.717) is 17.9 Å². The summed E-state index contributed by atoms with van der Waals surface area (Å²) in [5.41, 5.74) is 1.82. The predicted molar refractivity (Wildman–Crippen MR) is 103 cm³/mol. The molecule has 2 bridgehead atoms. The lowest BCUT2D eigenvalue weighted by molar-refractivity contribution is -0.132. The van der Waals surface area contributed by atoms with Gasteiger partial charge in [-0.05, 0) is 26.5 Å². The zero-order chi connectivity index (χ0) is 18.5. The van der Waals surface area contributed by atoms with Gasteiger partial charge >= 0.3 is 0 Å². The summed E-state index contributed by atoms with van der Waals surface area (Å²) in [6.07, 6.45) is 3.14. The summed E-state index contributed by atoms with van der Waals surface area (Å²) in [6, 6.07) is 6.85. The van der Waals surface area contributed by atoms with E-state index in [1.807, 2.05) is 30.0 Å². The Morgan fingerprint density at radius 1 is 1.26 bits per heavy atom. The molecular formula is C19H20N6OS. The predicted octanol–water partition coefficient (Wildman–Crippen LogP) is 1.91. The molecule has 2 fully saturated rings. The summed E-state index contributed by atoms with van der Waals surface area (Å²) in [6.45, 7) is 3.74. The fourth-order valence-electron chi connectivity index (χ4n) is 4.10.